The van der Waals surface area contributed by atoms with Crippen LogP contribution in [0.4, 0.5) is 0 Å². The molecule has 0 aromatic heterocycles. The van der Waals surface area contributed by atoms with Gasteiger partial charge in [0.05, 0.1) is 14.2 Å². The molecule has 1 aromatic rings. The topological polar surface area (TPSA) is 76.1 Å². The fourth-order valence-electron chi connectivity index (χ4n) is 3.07. The average Bonchev–Trinajstić information content (AvgIpc) is 3.44. The van der Waals surface area contributed by atoms with Crippen LogP contribution in [0, 0.1) is 5.92 Å². The molecule has 3 rings (SSSR count). The van der Waals surface area contributed by atoms with Gasteiger partial charge in [-0.05, 0) is 37.5 Å². The Hall–Kier alpha value is -2.24. The molecule has 2 atom stereocenters. The molecule has 0 saturated heterocycles. The molecule has 1 N–H and O–H groups in total. The Morgan fingerprint density at radius 3 is 2.57 bits per heavy atom. The number of hydrogen-bond acceptors (Lipinski definition) is 4. The summed E-state index contributed by atoms with van der Waals surface area (Å²) in [5, 5.41) is 9.01. The molecule has 2 saturated carbocycles. The summed E-state index contributed by atoms with van der Waals surface area (Å²) in [6, 6.07) is 5.66. The first-order valence-corrected chi connectivity index (χ1v) is 7.79. The number of carbonyl (C=O) groups excluding carboxylic acids is 1. The third-order valence-electron chi connectivity index (χ3n) is 4.52. The molecule has 2 aliphatic rings. The average molecular weight is 319 g/mol. The molecule has 124 valence electrons. The highest BCUT2D eigenvalue weighted by Gasteiger charge is 2.49. The second kappa shape index (κ2) is 6.10. The van der Waals surface area contributed by atoms with Crippen molar-refractivity contribution in [3.05, 3.63) is 23.8 Å². The van der Waals surface area contributed by atoms with Crippen molar-refractivity contribution in [2.45, 2.75) is 31.2 Å². The minimum Gasteiger partial charge on any atom is -0.497 e. The van der Waals surface area contributed by atoms with Crippen LogP contribution in [-0.4, -0.2) is 48.7 Å². The van der Waals surface area contributed by atoms with Gasteiger partial charge in [0, 0.05) is 23.4 Å². The van der Waals surface area contributed by atoms with Crippen LogP contribution in [-0.2, 0) is 9.59 Å². The number of hydrogen-bond donors (Lipinski definition) is 1. The lowest BCUT2D eigenvalue weighted by molar-refractivity contribution is -0.145. The summed E-state index contributed by atoms with van der Waals surface area (Å²) in [7, 11) is 3.20. The Morgan fingerprint density at radius 1 is 1.26 bits per heavy atom. The fraction of sp³-hybridized carbons (Fsp3) is 0.529. The van der Waals surface area contributed by atoms with E-state index in [1.54, 1.807) is 14.2 Å². The zero-order chi connectivity index (χ0) is 16.6. The first kappa shape index (κ1) is 15.6. The number of carboxylic acids is 1. The smallest absolute Gasteiger partial charge is 0.323 e. The van der Waals surface area contributed by atoms with Crippen molar-refractivity contribution in [2.75, 3.05) is 20.8 Å². The number of ether oxygens (including phenoxy) is 2. The van der Waals surface area contributed by atoms with Gasteiger partial charge in [-0.1, -0.05) is 0 Å². The number of methoxy groups -OCH3 is 2. The summed E-state index contributed by atoms with van der Waals surface area (Å²) in [6.45, 7) is -0.206. The summed E-state index contributed by atoms with van der Waals surface area (Å²) in [5.74, 6) is 0.371. The molecule has 1 amide bonds. The van der Waals surface area contributed by atoms with Crippen LogP contribution in [0.15, 0.2) is 18.2 Å². The minimum absolute atomic E-state index is 0.0511. The van der Waals surface area contributed by atoms with E-state index < -0.39 is 5.97 Å². The van der Waals surface area contributed by atoms with Crippen molar-refractivity contribution in [3.63, 3.8) is 0 Å². The lowest BCUT2D eigenvalue weighted by Gasteiger charge is -2.20. The third-order valence-corrected chi connectivity index (χ3v) is 4.52. The fourth-order valence-corrected chi connectivity index (χ4v) is 3.07. The van der Waals surface area contributed by atoms with Gasteiger partial charge in [0.1, 0.15) is 18.0 Å². The number of benzene rings is 1. The number of carbonyl (C=O) groups is 2. The Bertz CT molecular complexity index is 625. The number of carboxylic acid groups (broad SMARTS) is 1. The maximum atomic E-state index is 12.7. The summed E-state index contributed by atoms with van der Waals surface area (Å²) >= 11 is 0. The van der Waals surface area contributed by atoms with E-state index in [0.29, 0.717) is 0 Å². The number of rotatable bonds is 7. The van der Waals surface area contributed by atoms with E-state index in [2.05, 4.69) is 0 Å². The van der Waals surface area contributed by atoms with Gasteiger partial charge in [0.2, 0.25) is 5.91 Å². The van der Waals surface area contributed by atoms with E-state index >= 15 is 0 Å². The summed E-state index contributed by atoms with van der Waals surface area (Å²) in [5.41, 5.74) is 0.955. The van der Waals surface area contributed by atoms with Crippen LogP contribution in [0.3, 0.4) is 0 Å². The molecule has 0 spiro atoms. The Labute approximate surface area is 135 Å². The van der Waals surface area contributed by atoms with Crippen LogP contribution >= 0.6 is 0 Å². The molecule has 2 unspecified atom stereocenters. The van der Waals surface area contributed by atoms with E-state index in [9.17, 15) is 9.59 Å². The van der Waals surface area contributed by atoms with Gasteiger partial charge in [0.25, 0.3) is 0 Å². The number of amides is 1. The van der Waals surface area contributed by atoms with E-state index in [0.717, 1.165) is 36.3 Å². The standard InChI is InChI=1S/C17H21NO5/c1-22-11-5-6-15(23-2)13(7-11)12-8-14(12)17(21)18(9-16(19)20)10-3-4-10/h5-7,10,12,14H,3-4,8-9H2,1-2H3,(H,19,20). The van der Waals surface area contributed by atoms with E-state index in [4.69, 9.17) is 14.6 Å². The largest absolute Gasteiger partial charge is 0.497 e. The highest BCUT2D eigenvalue weighted by molar-refractivity contribution is 5.87. The zero-order valence-electron chi connectivity index (χ0n) is 13.3. The maximum absolute atomic E-state index is 12.7. The molecule has 2 fully saturated rings. The third kappa shape index (κ3) is 3.25. The summed E-state index contributed by atoms with van der Waals surface area (Å²) < 4.78 is 10.6. The predicted octanol–water partition coefficient (Wildman–Crippen LogP) is 1.88. The molecule has 0 bridgehead atoms. The number of aliphatic carboxylic acids is 1. The van der Waals surface area contributed by atoms with Crippen LogP contribution in [0.5, 0.6) is 11.5 Å². The van der Waals surface area contributed by atoms with Crippen molar-refractivity contribution in [2.24, 2.45) is 5.92 Å². The lowest BCUT2D eigenvalue weighted by atomic mass is 10.1. The van der Waals surface area contributed by atoms with E-state index in [1.165, 1.54) is 4.90 Å². The second-order valence-corrected chi connectivity index (χ2v) is 6.15. The van der Waals surface area contributed by atoms with Gasteiger partial charge in [-0.25, -0.2) is 0 Å². The Kier molecular flexibility index (Phi) is 4.15. The maximum Gasteiger partial charge on any atom is 0.323 e. The van der Waals surface area contributed by atoms with Crippen molar-refractivity contribution in [1.82, 2.24) is 4.90 Å². The first-order valence-electron chi connectivity index (χ1n) is 7.79. The second-order valence-electron chi connectivity index (χ2n) is 6.15. The van der Waals surface area contributed by atoms with Crippen LogP contribution in [0.25, 0.3) is 0 Å². The van der Waals surface area contributed by atoms with Crippen molar-refractivity contribution in [1.29, 1.82) is 0 Å². The van der Waals surface area contributed by atoms with Crippen molar-refractivity contribution in [3.8, 4) is 11.5 Å². The molecule has 0 heterocycles. The molecular weight excluding hydrogens is 298 g/mol. The van der Waals surface area contributed by atoms with Gasteiger partial charge in [0.15, 0.2) is 0 Å². The van der Waals surface area contributed by atoms with Gasteiger partial charge in [-0.3, -0.25) is 9.59 Å². The Morgan fingerprint density at radius 2 is 2.00 bits per heavy atom. The Balaban J connectivity index is 1.75. The van der Waals surface area contributed by atoms with Gasteiger partial charge in [-0.2, -0.15) is 0 Å². The van der Waals surface area contributed by atoms with Crippen molar-refractivity contribution < 1.29 is 24.2 Å². The van der Waals surface area contributed by atoms with Gasteiger partial charge < -0.3 is 19.5 Å². The SMILES string of the molecule is COc1ccc(OC)c(C2CC2C(=O)N(CC(=O)O)C2CC2)c1. The van der Waals surface area contributed by atoms with Crippen LogP contribution in [0.1, 0.15) is 30.7 Å². The zero-order valence-corrected chi connectivity index (χ0v) is 13.3. The molecule has 0 aliphatic heterocycles. The van der Waals surface area contributed by atoms with Gasteiger partial charge >= 0.3 is 5.97 Å². The molecule has 6 heteroatoms. The molecule has 23 heavy (non-hydrogen) atoms. The quantitative estimate of drug-likeness (QED) is 0.830. The minimum atomic E-state index is -0.957. The predicted molar refractivity (Wildman–Crippen MR) is 82.8 cm³/mol. The van der Waals surface area contributed by atoms with Crippen LogP contribution < -0.4 is 9.47 Å². The lowest BCUT2D eigenvalue weighted by Crippen LogP contribution is -2.38. The highest BCUT2D eigenvalue weighted by Crippen LogP contribution is 2.52. The van der Waals surface area contributed by atoms with Crippen LogP contribution in [0.2, 0.25) is 0 Å². The molecule has 0 radical (unpaired) electrons. The molecular formula is C17H21NO5. The molecule has 6 nitrogen and oxygen atoms in total. The van der Waals surface area contributed by atoms with Crippen molar-refractivity contribution >= 4 is 11.9 Å². The van der Waals surface area contributed by atoms with E-state index in [1.807, 2.05) is 18.2 Å². The highest BCUT2D eigenvalue weighted by atomic mass is 16.5. The normalized spacial score (nSPS) is 22.3. The molecule has 1 aromatic carbocycles. The summed E-state index contributed by atoms with van der Waals surface area (Å²) in [6.07, 6.45) is 2.53. The monoisotopic (exact) mass is 319 g/mol. The summed E-state index contributed by atoms with van der Waals surface area (Å²) in [4.78, 5) is 25.2. The van der Waals surface area contributed by atoms with E-state index in [-0.39, 0.29) is 30.3 Å². The number of nitrogens with zero attached hydrogens (tertiary/aromatic N) is 1. The molecule has 2 aliphatic carbocycles. The first-order chi connectivity index (χ1) is 11.0. The van der Waals surface area contributed by atoms with Gasteiger partial charge in [-0.15, -0.1) is 0 Å².